The molecule has 3 aromatic rings. The van der Waals surface area contributed by atoms with Gasteiger partial charge in [0, 0.05) is 40.2 Å². The molecule has 0 atom stereocenters. The highest BCUT2D eigenvalue weighted by atomic mass is 35.5. The van der Waals surface area contributed by atoms with E-state index in [-0.39, 0.29) is 5.91 Å². The second-order valence-electron chi connectivity index (χ2n) is 6.87. The normalized spacial score (nSPS) is 15.0. The third kappa shape index (κ3) is 4.75. The lowest BCUT2D eigenvalue weighted by Crippen LogP contribution is -2.39. The summed E-state index contributed by atoms with van der Waals surface area (Å²) >= 11 is 7.83. The number of benzene rings is 2. The highest BCUT2D eigenvalue weighted by Gasteiger charge is 2.24. The lowest BCUT2D eigenvalue weighted by Gasteiger charge is -2.31. The minimum absolute atomic E-state index is 0.112. The van der Waals surface area contributed by atoms with Crippen molar-refractivity contribution in [1.82, 2.24) is 20.1 Å². The summed E-state index contributed by atoms with van der Waals surface area (Å²) in [6.45, 7) is 1.59. The summed E-state index contributed by atoms with van der Waals surface area (Å²) in [7, 11) is 0. The smallest absolute Gasteiger partial charge is 0.253 e. The van der Waals surface area contributed by atoms with E-state index in [0.717, 1.165) is 47.9 Å². The fourth-order valence-corrected chi connectivity index (χ4v) is 4.59. The van der Waals surface area contributed by atoms with Crippen LogP contribution in [0.4, 0.5) is 0 Å². The van der Waals surface area contributed by atoms with Crippen LogP contribution in [0.1, 0.15) is 34.6 Å². The molecule has 1 N–H and O–H groups in total. The molecule has 1 aliphatic rings. The van der Waals surface area contributed by atoms with E-state index >= 15 is 0 Å². The Kier molecular flexibility index (Phi) is 5.98. The first-order valence-corrected chi connectivity index (χ1v) is 10.6. The van der Waals surface area contributed by atoms with Crippen molar-refractivity contribution in [3.8, 4) is 0 Å². The summed E-state index contributed by atoms with van der Waals surface area (Å²) in [5, 5.41) is 8.01. The summed E-state index contributed by atoms with van der Waals surface area (Å²) in [6.07, 6.45) is 4.19. The number of nitrogens with zero attached hydrogens (tertiary/aromatic N) is 3. The zero-order valence-electron chi connectivity index (χ0n) is 15.3. The maximum Gasteiger partial charge on any atom is 0.253 e. The second kappa shape index (κ2) is 8.80. The molecule has 0 unspecified atom stereocenters. The standard InChI is InChI=1S/C21H21ClN4OS/c22-17-5-7-18(8-6-17)28-19-9-11-26(12-10-19)21(27)16-3-1-15(2-4-16)13-20-23-14-24-25-20/h1-8,14,19H,9-13H2,(H,23,24,25). The number of hydrogen-bond donors (Lipinski definition) is 1. The Morgan fingerprint density at radius 1 is 1.11 bits per heavy atom. The number of nitrogens with one attached hydrogen (secondary N) is 1. The number of thioether (sulfide) groups is 1. The molecule has 7 heteroatoms. The summed E-state index contributed by atoms with van der Waals surface area (Å²) in [4.78, 5) is 20.1. The van der Waals surface area contributed by atoms with Gasteiger partial charge in [-0.1, -0.05) is 23.7 Å². The number of rotatable bonds is 5. The van der Waals surface area contributed by atoms with Crippen molar-refractivity contribution < 1.29 is 4.79 Å². The van der Waals surface area contributed by atoms with E-state index in [0.29, 0.717) is 11.7 Å². The van der Waals surface area contributed by atoms with Gasteiger partial charge in [0.2, 0.25) is 0 Å². The van der Waals surface area contributed by atoms with E-state index in [1.54, 1.807) is 0 Å². The van der Waals surface area contributed by atoms with E-state index in [2.05, 4.69) is 27.3 Å². The Bertz CT molecular complexity index is 905. The van der Waals surface area contributed by atoms with Crippen molar-refractivity contribution in [1.29, 1.82) is 0 Å². The van der Waals surface area contributed by atoms with Crippen LogP contribution >= 0.6 is 23.4 Å². The quantitative estimate of drug-likeness (QED) is 0.672. The number of aromatic nitrogens is 3. The van der Waals surface area contributed by atoms with Crippen LogP contribution in [0, 0.1) is 0 Å². The number of halogens is 1. The van der Waals surface area contributed by atoms with Crippen molar-refractivity contribution in [2.45, 2.75) is 29.4 Å². The molecule has 0 aliphatic carbocycles. The molecule has 1 aromatic heterocycles. The molecule has 4 rings (SSSR count). The molecule has 1 aliphatic heterocycles. The van der Waals surface area contributed by atoms with Crippen molar-refractivity contribution in [2.75, 3.05) is 13.1 Å². The molecule has 1 saturated heterocycles. The molecule has 0 bridgehead atoms. The first-order chi connectivity index (χ1) is 13.7. The maximum atomic E-state index is 12.8. The number of hydrogen-bond acceptors (Lipinski definition) is 4. The fourth-order valence-electron chi connectivity index (χ4n) is 3.34. The van der Waals surface area contributed by atoms with Gasteiger partial charge in [-0.25, -0.2) is 4.98 Å². The molecule has 1 fully saturated rings. The molecule has 0 saturated carbocycles. The second-order valence-corrected chi connectivity index (χ2v) is 8.68. The Morgan fingerprint density at radius 2 is 1.82 bits per heavy atom. The number of carbonyl (C=O) groups excluding carboxylic acids is 1. The van der Waals surface area contributed by atoms with Crippen LogP contribution in [0.25, 0.3) is 0 Å². The van der Waals surface area contributed by atoms with E-state index < -0.39 is 0 Å². The summed E-state index contributed by atoms with van der Waals surface area (Å²) < 4.78 is 0. The molecule has 2 aromatic carbocycles. The van der Waals surface area contributed by atoms with Crippen molar-refractivity contribution in [3.63, 3.8) is 0 Å². The number of aromatic amines is 1. The molecule has 28 heavy (non-hydrogen) atoms. The first-order valence-electron chi connectivity index (χ1n) is 9.32. The monoisotopic (exact) mass is 412 g/mol. The number of H-pyrrole nitrogens is 1. The van der Waals surface area contributed by atoms with Crippen molar-refractivity contribution >= 4 is 29.3 Å². The largest absolute Gasteiger partial charge is 0.339 e. The van der Waals surface area contributed by atoms with Gasteiger partial charge in [0.1, 0.15) is 12.2 Å². The van der Waals surface area contributed by atoms with Crippen LogP contribution in [0.15, 0.2) is 59.8 Å². The van der Waals surface area contributed by atoms with Gasteiger partial charge in [0.15, 0.2) is 0 Å². The lowest BCUT2D eigenvalue weighted by molar-refractivity contribution is 0.0727. The average Bonchev–Trinajstić information content (AvgIpc) is 3.23. The highest BCUT2D eigenvalue weighted by molar-refractivity contribution is 8.00. The van der Waals surface area contributed by atoms with E-state index in [9.17, 15) is 4.79 Å². The highest BCUT2D eigenvalue weighted by Crippen LogP contribution is 2.31. The Morgan fingerprint density at radius 3 is 2.46 bits per heavy atom. The van der Waals surface area contributed by atoms with Crippen LogP contribution in [0.3, 0.4) is 0 Å². The Hall–Kier alpha value is -2.31. The van der Waals surface area contributed by atoms with Crippen molar-refractivity contribution in [3.05, 3.63) is 76.8 Å². The SMILES string of the molecule is O=C(c1ccc(Cc2ncn[nH]2)cc1)N1CCC(Sc2ccc(Cl)cc2)CC1. The van der Waals surface area contributed by atoms with Gasteiger partial charge < -0.3 is 4.90 Å². The van der Waals surface area contributed by atoms with Gasteiger partial charge in [0.25, 0.3) is 5.91 Å². The predicted molar refractivity (Wildman–Crippen MR) is 112 cm³/mol. The molecule has 5 nitrogen and oxygen atoms in total. The third-order valence-corrected chi connectivity index (χ3v) is 6.48. The number of likely N-dealkylation sites (tertiary alicyclic amines) is 1. The van der Waals surface area contributed by atoms with Crippen LogP contribution in [-0.4, -0.2) is 44.3 Å². The van der Waals surface area contributed by atoms with Gasteiger partial charge >= 0.3 is 0 Å². The molecule has 2 heterocycles. The number of piperidine rings is 1. The van der Waals surface area contributed by atoms with Gasteiger partial charge in [-0.05, 0) is 54.8 Å². The lowest BCUT2D eigenvalue weighted by atomic mass is 10.1. The van der Waals surface area contributed by atoms with Crippen LogP contribution in [0.2, 0.25) is 5.02 Å². The van der Waals surface area contributed by atoms with E-state index in [1.807, 2.05) is 53.1 Å². The zero-order chi connectivity index (χ0) is 19.3. The van der Waals surface area contributed by atoms with Gasteiger partial charge in [-0.2, -0.15) is 5.10 Å². The first kappa shape index (κ1) is 19.0. The summed E-state index contributed by atoms with van der Waals surface area (Å²) in [5.41, 5.74) is 1.84. The molecule has 144 valence electrons. The predicted octanol–water partition coefficient (Wildman–Crippen LogP) is 4.45. The van der Waals surface area contributed by atoms with Crippen molar-refractivity contribution in [2.24, 2.45) is 0 Å². The molecule has 1 amide bonds. The minimum atomic E-state index is 0.112. The minimum Gasteiger partial charge on any atom is -0.339 e. The molecule has 0 radical (unpaired) electrons. The van der Waals surface area contributed by atoms with Gasteiger partial charge in [-0.3, -0.25) is 9.89 Å². The summed E-state index contributed by atoms with van der Waals surface area (Å²) in [6, 6.07) is 15.8. The van der Waals surface area contributed by atoms with Gasteiger partial charge in [-0.15, -0.1) is 11.8 Å². The number of carbonyl (C=O) groups is 1. The average molecular weight is 413 g/mol. The van der Waals surface area contributed by atoms with E-state index in [4.69, 9.17) is 11.6 Å². The van der Waals surface area contributed by atoms with Crippen LogP contribution < -0.4 is 0 Å². The Labute approximate surface area is 173 Å². The van der Waals surface area contributed by atoms with Crippen LogP contribution in [-0.2, 0) is 6.42 Å². The molecular weight excluding hydrogens is 392 g/mol. The molecular formula is C21H21ClN4OS. The summed E-state index contributed by atoms with van der Waals surface area (Å²) in [5.74, 6) is 0.931. The Balaban J connectivity index is 1.30. The fraction of sp³-hybridized carbons (Fsp3) is 0.286. The number of amides is 1. The maximum absolute atomic E-state index is 12.8. The van der Waals surface area contributed by atoms with Gasteiger partial charge in [0.05, 0.1) is 0 Å². The molecule has 0 spiro atoms. The van der Waals surface area contributed by atoms with Crippen LogP contribution in [0.5, 0.6) is 0 Å². The van der Waals surface area contributed by atoms with E-state index in [1.165, 1.54) is 11.2 Å². The third-order valence-electron chi connectivity index (χ3n) is 4.88. The topological polar surface area (TPSA) is 61.9 Å². The zero-order valence-corrected chi connectivity index (χ0v) is 16.9.